The highest BCUT2D eigenvalue weighted by Gasteiger charge is 2.04. The van der Waals surface area contributed by atoms with Gasteiger partial charge in [-0.1, -0.05) is 6.58 Å². The number of amidine groups is 1. The van der Waals surface area contributed by atoms with E-state index in [1.165, 1.54) is 13.3 Å². The third kappa shape index (κ3) is 4.73. The second-order valence-corrected chi connectivity index (χ2v) is 2.07. The van der Waals surface area contributed by atoms with Crippen LogP contribution in [0.2, 0.25) is 0 Å². The molecule has 0 aliphatic carbocycles. The molecule has 5 nitrogen and oxygen atoms in total. The topological polar surface area (TPSA) is 77.0 Å². The van der Waals surface area contributed by atoms with Gasteiger partial charge in [0.05, 0.1) is 12.8 Å². The van der Waals surface area contributed by atoms with Crippen molar-refractivity contribution in [3.05, 3.63) is 12.3 Å². The smallest absolute Gasteiger partial charge is 0.356 e. The number of aliphatic imine (C=N–C) groups is 2. The standard InChI is InChI=1S/C8H13N3O2/c1-4-13-8(12)6(2)11-5-7(9)10-3/h5H,2,4H2,1,3H3,(H2,9,10). The van der Waals surface area contributed by atoms with Crippen LogP contribution in [0.5, 0.6) is 0 Å². The minimum atomic E-state index is -0.553. The van der Waals surface area contributed by atoms with Crippen molar-refractivity contribution in [2.24, 2.45) is 15.7 Å². The second-order valence-electron chi connectivity index (χ2n) is 2.07. The van der Waals surface area contributed by atoms with E-state index < -0.39 is 5.97 Å². The Bertz CT molecular complexity index is 256. The number of carbonyl (C=O) groups is 1. The molecule has 0 fully saturated rings. The summed E-state index contributed by atoms with van der Waals surface area (Å²) in [5.41, 5.74) is 5.31. The van der Waals surface area contributed by atoms with E-state index in [1.54, 1.807) is 6.92 Å². The van der Waals surface area contributed by atoms with Gasteiger partial charge in [-0.2, -0.15) is 0 Å². The van der Waals surface area contributed by atoms with E-state index in [1.807, 2.05) is 0 Å². The fourth-order valence-corrected chi connectivity index (χ4v) is 0.469. The van der Waals surface area contributed by atoms with Crippen LogP contribution in [0, 0.1) is 0 Å². The summed E-state index contributed by atoms with van der Waals surface area (Å²) in [6.45, 7) is 5.40. The van der Waals surface area contributed by atoms with Crippen LogP contribution in [0.1, 0.15) is 6.92 Å². The summed E-state index contributed by atoms with van der Waals surface area (Å²) in [6, 6.07) is 0. The molecule has 0 unspecified atom stereocenters. The Morgan fingerprint density at radius 1 is 1.69 bits per heavy atom. The van der Waals surface area contributed by atoms with E-state index in [-0.39, 0.29) is 11.5 Å². The predicted octanol–water partition coefficient (Wildman–Crippen LogP) is 0.121. The molecule has 0 saturated carbocycles. The monoisotopic (exact) mass is 183 g/mol. The Hall–Kier alpha value is -1.65. The lowest BCUT2D eigenvalue weighted by Gasteiger charge is -1.98. The van der Waals surface area contributed by atoms with Crippen LogP contribution in [0.25, 0.3) is 0 Å². The van der Waals surface area contributed by atoms with Crippen molar-refractivity contribution >= 4 is 18.0 Å². The van der Waals surface area contributed by atoms with Crippen molar-refractivity contribution in [2.75, 3.05) is 13.7 Å². The van der Waals surface area contributed by atoms with Crippen LogP contribution in [0.4, 0.5) is 0 Å². The first kappa shape index (κ1) is 11.4. The maximum atomic E-state index is 10.9. The van der Waals surface area contributed by atoms with Gasteiger partial charge >= 0.3 is 5.97 Å². The van der Waals surface area contributed by atoms with Crippen molar-refractivity contribution in [1.82, 2.24) is 0 Å². The lowest BCUT2D eigenvalue weighted by Crippen LogP contribution is -2.13. The molecule has 0 aromatic heterocycles. The van der Waals surface area contributed by atoms with Crippen molar-refractivity contribution in [3.63, 3.8) is 0 Å². The number of hydrogen-bond donors (Lipinski definition) is 1. The van der Waals surface area contributed by atoms with E-state index in [9.17, 15) is 4.79 Å². The lowest BCUT2D eigenvalue weighted by molar-refractivity contribution is -0.138. The SMILES string of the molecule is C=C(N=CC(N)=NC)C(=O)OCC. The third-order valence-electron chi connectivity index (χ3n) is 1.12. The second kappa shape index (κ2) is 5.93. The summed E-state index contributed by atoms with van der Waals surface area (Å²) in [6.07, 6.45) is 1.25. The molecular weight excluding hydrogens is 170 g/mol. The fraction of sp³-hybridized carbons (Fsp3) is 0.375. The Balaban J connectivity index is 4.15. The molecule has 0 saturated heterocycles. The molecule has 0 radical (unpaired) electrons. The van der Waals surface area contributed by atoms with Crippen molar-refractivity contribution in [2.45, 2.75) is 6.92 Å². The Labute approximate surface area is 77.0 Å². The van der Waals surface area contributed by atoms with Crippen LogP contribution < -0.4 is 5.73 Å². The van der Waals surface area contributed by atoms with Crippen LogP contribution in [-0.2, 0) is 9.53 Å². The molecule has 2 N–H and O–H groups in total. The average molecular weight is 183 g/mol. The summed E-state index contributed by atoms with van der Waals surface area (Å²) in [4.78, 5) is 18.2. The molecular formula is C8H13N3O2. The summed E-state index contributed by atoms with van der Waals surface area (Å²) >= 11 is 0. The van der Waals surface area contributed by atoms with Crippen molar-refractivity contribution < 1.29 is 9.53 Å². The van der Waals surface area contributed by atoms with E-state index in [0.717, 1.165) is 0 Å². The first-order valence-corrected chi connectivity index (χ1v) is 3.74. The molecule has 0 aromatic carbocycles. The van der Waals surface area contributed by atoms with Gasteiger partial charge in [0.2, 0.25) is 0 Å². The number of nitrogens with zero attached hydrogens (tertiary/aromatic N) is 2. The minimum Gasteiger partial charge on any atom is -0.461 e. The molecule has 0 aliphatic heterocycles. The molecule has 0 spiro atoms. The molecule has 0 aliphatic rings. The summed E-state index contributed by atoms with van der Waals surface area (Å²) in [5, 5.41) is 0. The van der Waals surface area contributed by atoms with Crippen molar-refractivity contribution in [1.29, 1.82) is 0 Å². The van der Waals surface area contributed by atoms with Gasteiger partial charge < -0.3 is 10.5 Å². The zero-order chi connectivity index (χ0) is 10.3. The summed E-state index contributed by atoms with van der Waals surface area (Å²) in [7, 11) is 1.52. The molecule has 13 heavy (non-hydrogen) atoms. The number of ether oxygens (including phenoxy) is 1. The highest BCUT2D eigenvalue weighted by atomic mass is 16.5. The number of carbonyl (C=O) groups excluding carboxylic acids is 1. The third-order valence-corrected chi connectivity index (χ3v) is 1.12. The van der Waals surface area contributed by atoms with Gasteiger partial charge in [-0.15, -0.1) is 0 Å². The predicted molar refractivity (Wildman–Crippen MR) is 51.8 cm³/mol. The molecule has 0 heterocycles. The quantitative estimate of drug-likeness (QED) is 0.291. The largest absolute Gasteiger partial charge is 0.461 e. The Morgan fingerprint density at radius 2 is 2.31 bits per heavy atom. The number of hydrogen-bond acceptors (Lipinski definition) is 4. The maximum Gasteiger partial charge on any atom is 0.356 e. The zero-order valence-corrected chi connectivity index (χ0v) is 7.78. The Morgan fingerprint density at radius 3 is 2.77 bits per heavy atom. The van der Waals surface area contributed by atoms with Crippen LogP contribution in [-0.4, -0.2) is 31.7 Å². The number of nitrogens with two attached hydrogens (primary N) is 1. The molecule has 72 valence electrons. The van der Waals surface area contributed by atoms with E-state index in [0.29, 0.717) is 6.61 Å². The van der Waals surface area contributed by atoms with Gasteiger partial charge in [0.15, 0.2) is 0 Å². The highest BCUT2D eigenvalue weighted by molar-refractivity contribution is 6.29. The normalized spacial score (nSPS) is 11.7. The molecule has 0 atom stereocenters. The van der Waals surface area contributed by atoms with Gasteiger partial charge in [0.25, 0.3) is 0 Å². The maximum absolute atomic E-state index is 10.9. The van der Waals surface area contributed by atoms with Crippen LogP contribution >= 0.6 is 0 Å². The zero-order valence-electron chi connectivity index (χ0n) is 7.78. The number of rotatable bonds is 4. The van der Waals surface area contributed by atoms with Gasteiger partial charge in [-0.05, 0) is 6.92 Å². The number of esters is 1. The van der Waals surface area contributed by atoms with Crippen molar-refractivity contribution in [3.8, 4) is 0 Å². The molecule has 5 heteroatoms. The Kier molecular flexibility index (Phi) is 5.18. The van der Waals surface area contributed by atoms with E-state index in [4.69, 9.17) is 5.73 Å². The van der Waals surface area contributed by atoms with Crippen LogP contribution in [0.3, 0.4) is 0 Å². The fourth-order valence-electron chi connectivity index (χ4n) is 0.469. The first-order chi connectivity index (χ1) is 6.11. The van der Waals surface area contributed by atoms with Gasteiger partial charge in [-0.3, -0.25) is 4.99 Å². The summed E-state index contributed by atoms with van der Waals surface area (Å²) < 4.78 is 4.64. The molecule has 0 aromatic rings. The van der Waals surface area contributed by atoms with Gasteiger partial charge in [-0.25, -0.2) is 9.79 Å². The van der Waals surface area contributed by atoms with E-state index >= 15 is 0 Å². The van der Waals surface area contributed by atoms with Crippen LogP contribution in [0.15, 0.2) is 22.3 Å². The highest BCUT2D eigenvalue weighted by Crippen LogP contribution is 1.94. The minimum absolute atomic E-state index is 0.00782. The molecule has 0 bridgehead atoms. The lowest BCUT2D eigenvalue weighted by atomic mass is 10.5. The van der Waals surface area contributed by atoms with E-state index in [2.05, 4.69) is 21.3 Å². The van der Waals surface area contributed by atoms with Gasteiger partial charge in [0.1, 0.15) is 11.5 Å². The molecule has 0 rings (SSSR count). The molecule has 0 amide bonds. The first-order valence-electron chi connectivity index (χ1n) is 3.74. The van der Waals surface area contributed by atoms with Gasteiger partial charge in [0, 0.05) is 7.05 Å². The summed E-state index contributed by atoms with van der Waals surface area (Å²) in [5.74, 6) is -0.326. The average Bonchev–Trinajstić information content (AvgIpc) is 2.13.